The minimum atomic E-state index is -0.123. The topological polar surface area (TPSA) is 42.0 Å². The highest BCUT2D eigenvalue weighted by molar-refractivity contribution is 7.13. The van der Waals surface area contributed by atoms with Gasteiger partial charge in [0.15, 0.2) is 0 Å². The van der Waals surface area contributed by atoms with Crippen molar-refractivity contribution in [2.24, 2.45) is 0 Å². The molecule has 2 aromatic carbocycles. The highest BCUT2D eigenvalue weighted by Crippen LogP contribution is 2.25. The molecule has 0 aliphatic heterocycles. The lowest BCUT2D eigenvalue weighted by Gasteiger charge is -2.04. The fraction of sp³-hybridized carbons (Fsp3) is 0.200. The SMILES string of the molecule is CCCCc1ccc(C(=O)Nc2csc(-c3ccccc3)n2)cc1. The first kappa shape index (κ1) is 16.4. The Labute approximate surface area is 146 Å². The fourth-order valence-electron chi connectivity index (χ4n) is 2.44. The van der Waals surface area contributed by atoms with Gasteiger partial charge in [0.25, 0.3) is 5.91 Å². The molecule has 0 bridgehead atoms. The van der Waals surface area contributed by atoms with Gasteiger partial charge in [-0.25, -0.2) is 4.98 Å². The van der Waals surface area contributed by atoms with Crippen LogP contribution in [0.1, 0.15) is 35.7 Å². The summed E-state index contributed by atoms with van der Waals surface area (Å²) in [4.78, 5) is 16.8. The smallest absolute Gasteiger partial charge is 0.256 e. The number of aryl methyl sites for hydroxylation is 1. The third-order valence-corrected chi connectivity index (χ3v) is 4.69. The number of aromatic nitrogens is 1. The molecule has 1 aromatic heterocycles. The molecule has 1 amide bonds. The van der Waals surface area contributed by atoms with Gasteiger partial charge in [-0.3, -0.25) is 4.79 Å². The lowest BCUT2D eigenvalue weighted by molar-refractivity contribution is 0.102. The number of unbranched alkanes of at least 4 members (excludes halogenated alkanes) is 1. The molecule has 1 N–H and O–H groups in total. The van der Waals surface area contributed by atoms with E-state index >= 15 is 0 Å². The van der Waals surface area contributed by atoms with E-state index in [4.69, 9.17) is 0 Å². The van der Waals surface area contributed by atoms with Gasteiger partial charge in [0, 0.05) is 16.5 Å². The van der Waals surface area contributed by atoms with Crippen LogP contribution in [0.4, 0.5) is 5.82 Å². The Morgan fingerprint density at radius 2 is 1.83 bits per heavy atom. The second-order valence-corrected chi connectivity index (χ2v) is 6.52. The lowest BCUT2D eigenvalue weighted by atomic mass is 10.1. The number of carbonyl (C=O) groups excluding carboxylic acids is 1. The number of benzene rings is 2. The first-order chi connectivity index (χ1) is 11.8. The van der Waals surface area contributed by atoms with Crippen molar-refractivity contribution in [3.63, 3.8) is 0 Å². The molecule has 3 rings (SSSR count). The van der Waals surface area contributed by atoms with Crippen LogP contribution in [0.3, 0.4) is 0 Å². The molecule has 0 saturated carbocycles. The summed E-state index contributed by atoms with van der Waals surface area (Å²) in [6.45, 7) is 2.18. The number of nitrogens with one attached hydrogen (secondary N) is 1. The molecule has 0 saturated heterocycles. The van der Waals surface area contributed by atoms with E-state index in [9.17, 15) is 4.79 Å². The van der Waals surface area contributed by atoms with Crippen molar-refractivity contribution in [3.05, 3.63) is 71.1 Å². The second-order valence-electron chi connectivity index (χ2n) is 5.66. The minimum Gasteiger partial charge on any atom is -0.306 e. The summed E-state index contributed by atoms with van der Waals surface area (Å²) in [5, 5.41) is 5.65. The number of hydrogen-bond donors (Lipinski definition) is 1. The maximum atomic E-state index is 12.3. The van der Waals surface area contributed by atoms with Crippen molar-refractivity contribution in [2.45, 2.75) is 26.2 Å². The van der Waals surface area contributed by atoms with E-state index in [2.05, 4.69) is 17.2 Å². The Balaban J connectivity index is 1.66. The van der Waals surface area contributed by atoms with Crippen LogP contribution in [0.15, 0.2) is 60.0 Å². The molecule has 0 radical (unpaired) electrons. The Hall–Kier alpha value is -2.46. The van der Waals surface area contributed by atoms with Crippen molar-refractivity contribution >= 4 is 23.1 Å². The van der Waals surface area contributed by atoms with E-state index in [1.165, 1.54) is 29.7 Å². The normalized spacial score (nSPS) is 10.5. The van der Waals surface area contributed by atoms with E-state index in [0.29, 0.717) is 11.4 Å². The van der Waals surface area contributed by atoms with Crippen LogP contribution in [0.2, 0.25) is 0 Å². The Kier molecular flexibility index (Phi) is 5.39. The standard InChI is InChI=1S/C20H20N2OS/c1-2-3-7-15-10-12-16(13-11-15)19(23)21-18-14-24-20(22-18)17-8-5-4-6-9-17/h4-6,8-14H,2-3,7H2,1H3,(H,21,23). The van der Waals surface area contributed by atoms with Crippen LogP contribution in [0, 0.1) is 0 Å². The number of amides is 1. The van der Waals surface area contributed by atoms with Crippen LogP contribution in [0.5, 0.6) is 0 Å². The molecule has 0 fully saturated rings. The van der Waals surface area contributed by atoms with E-state index < -0.39 is 0 Å². The summed E-state index contributed by atoms with van der Waals surface area (Å²) >= 11 is 1.53. The number of rotatable bonds is 6. The molecule has 1 heterocycles. The van der Waals surface area contributed by atoms with Crippen LogP contribution >= 0.6 is 11.3 Å². The molecule has 4 heteroatoms. The summed E-state index contributed by atoms with van der Waals surface area (Å²) in [7, 11) is 0. The van der Waals surface area contributed by atoms with Gasteiger partial charge in [-0.15, -0.1) is 11.3 Å². The molecule has 0 aliphatic carbocycles. The molecule has 0 atom stereocenters. The van der Waals surface area contributed by atoms with Crippen molar-refractivity contribution < 1.29 is 4.79 Å². The zero-order valence-electron chi connectivity index (χ0n) is 13.7. The summed E-state index contributed by atoms with van der Waals surface area (Å²) < 4.78 is 0. The summed E-state index contributed by atoms with van der Waals surface area (Å²) in [5.74, 6) is 0.473. The second kappa shape index (κ2) is 7.88. The quantitative estimate of drug-likeness (QED) is 0.654. The molecule has 0 unspecified atom stereocenters. The summed E-state index contributed by atoms with van der Waals surface area (Å²) in [6, 6.07) is 17.8. The largest absolute Gasteiger partial charge is 0.306 e. The number of carbonyl (C=O) groups is 1. The van der Waals surface area contributed by atoms with Crippen LogP contribution < -0.4 is 5.32 Å². The molecule has 3 aromatic rings. The predicted octanol–water partition coefficient (Wildman–Crippen LogP) is 5.41. The van der Waals surface area contributed by atoms with Gasteiger partial charge >= 0.3 is 0 Å². The minimum absolute atomic E-state index is 0.123. The van der Waals surface area contributed by atoms with Crippen molar-refractivity contribution in [1.82, 2.24) is 4.98 Å². The first-order valence-electron chi connectivity index (χ1n) is 8.17. The third kappa shape index (κ3) is 4.09. The highest BCUT2D eigenvalue weighted by Gasteiger charge is 2.09. The van der Waals surface area contributed by atoms with Gasteiger partial charge in [-0.1, -0.05) is 55.8 Å². The Morgan fingerprint density at radius 1 is 1.08 bits per heavy atom. The van der Waals surface area contributed by atoms with Gasteiger partial charge in [0.1, 0.15) is 10.8 Å². The summed E-state index contributed by atoms with van der Waals surface area (Å²) in [5.41, 5.74) is 2.99. The van der Waals surface area contributed by atoms with Crippen molar-refractivity contribution in [2.75, 3.05) is 5.32 Å². The van der Waals surface area contributed by atoms with Crippen LogP contribution in [0.25, 0.3) is 10.6 Å². The van der Waals surface area contributed by atoms with Crippen LogP contribution in [-0.2, 0) is 6.42 Å². The third-order valence-electron chi connectivity index (χ3n) is 3.80. The van der Waals surface area contributed by atoms with E-state index in [-0.39, 0.29) is 5.91 Å². The van der Waals surface area contributed by atoms with Gasteiger partial charge in [-0.2, -0.15) is 0 Å². The van der Waals surface area contributed by atoms with E-state index in [1.807, 2.05) is 60.0 Å². The average molecular weight is 336 g/mol. The Morgan fingerprint density at radius 3 is 2.54 bits per heavy atom. The maximum absolute atomic E-state index is 12.3. The monoisotopic (exact) mass is 336 g/mol. The number of anilines is 1. The van der Waals surface area contributed by atoms with Gasteiger partial charge in [-0.05, 0) is 30.5 Å². The molecule has 0 spiro atoms. The maximum Gasteiger partial charge on any atom is 0.256 e. The molecule has 122 valence electrons. The van der Waals surface area contributed by atoms with E-state index in [0.717, 1.165) is 17.0 Å². The zero-order chi connectivity index (χ0) is 16.8. The van der Waals surface area contributed by atoms with Crippen molar-refractivity contribution in [3.8, 4) is 10.6 Å². The number of hydrogen-bond acceptors (Lipinski definition) is 3. The van der Waals surface area contributed by atoms with E-state index in [1.54, 1.807) is 0 Å². The molecule has 3 nitrogen and oxygen atoms in total. The summed E-state index contributed by atoms with van der Waals surface area (Å²) in [6.07, 6.45) is 3.41. The van der Waals surface area contributed by atoms with Crippen molar-refractivity contribution in [1.29, 1.82) is 0 Å². The van der Waals surface area contributed by atoms with Gasteiger partial charge in [0.05, 0.1) is 0 Å². The zero-order valence-corrected chi connectivity index (χ0v) is 14.5. The fourth-order valence-corrected chi connectivity index (χ4v) is 3.19. The number of nitrogens with zero attached hydrogens (tertiary/aromatic N) is 1. The van der Waals surface area contributed by atoms with Gasteiger partial charge in [0.2, 0.25) is 0 Å². The molecular formula is C20H20N2OS. The molecule has 24 heavy (non-hydrogen) atoms. The lowest BCUT2D eigenvalue weighted by Crippen LogP contribution is -2.12. The van der Waals surface area contributed by atoms with Crippen LogP contribution in [-0.4, -0.2) is 10.9 Å². The average Bonchev–Trinajstić information content (AvgIpc) is 3.09. The first-order valence-corrected chi connectivity index (χ1v) is 9.05. The number of thiazole rings is 1. The Bertz CT molecular complexity index is 794. The molecule has 0 aliphatic rings. The molecular weight excluding hydrogens is 316 g/mol. The predicted molar refractivity (Wildman–Crippen MR) is 101 cm³/mol. The highest BCUT2D eigenvalue weighted by atomic mass is 32.1. The van der Waals surface area contributed by atoms with Gasteiger partial charge < -0.3 is 5.32 Å².